The molecule has 25 heavy (non-hydrogen) atoms. The first-order valence-electron chi connectivity index (χ1n) is 7.31. The molecule has 8 heteroatoms. The number of benzene rings is 2. The SMILES string of the molecule is Cc1ccccc1C(=O)Nc1nnc(SCc2cccc(Cl)c2F)s1. The number of carbonyl (C=O) groups excluding carboxylic acids is 1. The molecular weight excluding hydrogens is 381 g/mol. The monoisotopic (exact) mass is 393 g/mol. The van der Waals surface area contributed by atoms with Crippen LogP contribution in [0.5, 0.6) is 0 Å². The lowest BCUT2D eigenvalue weighted by molar-refractivity contribution is 0.102. The van der Waals surface area contributed by atoms with Crippen LogP contribution in [0.2, 0.25) is 5.02 Å². The largest absolute Gasteiger partial charge is 0.296 e. The van der Waals surface area contributed by atoms with Crippen LogP contribution >= 0.6 is 34.7 Å². The highest BCUT2D eigenvalue weighted by molar-refractivity contribution is 8.00. The van der Waals surface area contributed by atoms with Crippen LogP contribution in [0.25, 0.3) is 0 Å². The minimum atomic E-state index is -0.422. The second kappa shape index (κ2) is 7.95. The first-order chi connectivity index (χ1) is 12.0. The van der Waals surface area contributed by atoms with Crippen molar-refractivity contribution >= 4 is 45.7 Å². The summed E-state index contributed by atoms with van der Waals surface area (Å²) in [6.45, 7) is 1.87. The van der Waals surface area contributed by atoms with Crippen LogP contribution in [0, 0.1) is 12.7 Å². The molecule has 1 aromatic heterocycles. The number of aryl methyl sites for hydroxylation is 1. The van der Waals surface area contributed by atoms with Crippen molar-refractivity contribution in [2.24, 2.45) is 0 Å². The van der Waals surface area contributed by atoms with E-state index in [1.54, 1.807) is 18.2 Å². The maximum Gasteiger partial charge on any atom is 0.257 e. The van der Waals surface area contributed by atoms with Crippen molar-refractivity contribution in [3.05, 3.63) is 70.0 Å². The van der Waals surface area contributed by atoms with Crippen molar-refractivity contribution in [3.63, 3.8) is 0 Å². The van der Waals surface area contributed by atoms with Crippen molar-refractivity contribution < 1.29 is 9.18 Å². The molecule has 0 aliphatic rings. The summed E-state index contributed by atoms with van der Waals surface area (Å²) in [6.07, 6.45) is 0. The predicted molar refractivity (Wildman–Crippen MR) is 100 cm³/mol. The molecule has 128 valence electrons. The molecule has 0 bridgehead atoms. The van der Waals surface area contributed by atoms with Gasteiger partial charge in [-0.3, -0.25) is 10.1 Å². The Morgan fingerprint density at radius 2 is 2.04 bits per heavy atom. The van der Waals surface area contributed by atoms with Gasteiger partial charge >= 0.3 is 0 Å². The fraction of sp³-hybridized carbons (Fsp3) is 0.118. The van der Waals surface area contributed by atoms with Crippen molar-refractivity contribution in [2.75, 3.05) is 5.32 Å². The van der Waals surface area contributed by atoms with E-state index in [2.05, 4.69) is 15.5 Å². The molecule has 1 amide bonds. The molecule has 0 aliphatic heterocycles. The zero-order valence-electron chi connectivity index (χ0n) is 13.1. The highest BCUT2D eigenvalue weighted by atomic mass is 35.5. The second-order valence-electron chi connectivity index (χ2n) is 5.14. The molecule has 1 N–H and O–H groups in total. The van der Waals surface area contributed by atoms with Gasteiger partial charge in [0.15, 0.2) is 4.34 Å². The van der Waals surface area contributed by atoms with E-state index in [0.717, 1.165) is 5.56 Å². The molecule has 1 heterocycles. The normalized spacial score (nSPS) is 10.7. The van der Waals surface area contributed by atoms with Crippen molar-refractivity contribution in [1.82, 2.24) is 10.2 Å². The van der Waals surface area contributed by atoms with E-state index < -0.39 is 5.82 Å². The number of nitrogens with one attached hydrogen (secondary N) is 1. The molecule has 0 radical (unpaired) electrons. The molecule has 3 aromatic rings. The number of thioether (sulfide) groups is 1. The number of aromatic nitrogens is 2. The topological polar surface area (TPSA) is 54.9 Å². The Labute approximate surface area is 157 Å². The number of nitrogens with zero attached hydrogens (tertiary/aromatic N) is 2. The number of halogens is 2. The fourth-order valence-corrected chi connectivity index (χ4v) is 4.03. The minimum absolute atomic E-state index is 0.0987. The molecule has 3 rings (SSSR count). The van der Waals surface area contributed by atoms with Crippen molar-refractivity contribution in [2.45, 2.75) is 17.0 Å². The molecule has 4 nitrogen and oxygen atoms in total. The van der Waals surface area contributed by atoms with Gasteiger partial charge in [-0.25, -0.2) is 4.39 Å². The molecular formula is C17H13ClFN3OS2. The highest BCUT2D eigenvalue weighted by Crippen LogP contribution is 2.30. The summed E-state index contributed by atoms with van der Waals surface area (Å²) in [6, 6.07) is 12.2. The van der Waals surface area contributed by atoms with Gasteiger partial charge in [-0.15, -0.1) is 10.2 Å². The van der Waals surface area contributed by atoms with Gasteiger partial charge in [0.1, 0.15) is 5.82 Å². The van der Waals surface area contributed by atoms with Gasteiger partial charge < -0.3 is 0 Å². The van der Waals surface area contributed by atoms with Gasteiger partial charge in [-0.2, -0.15) is 0 Å². The summed E-state index contributed by atoms with van der Waals surface area (Å²) >= 11 is 8.35. The number of anilines is 1. The third-order valence-corrected chi connectivity index (χ3v) is 5.71. The molecule has 0 saturated carbocycles. The van der Waals surface area contributed by atoms with E-state index in [-0.39, 0.29) is 10.9 Å². The third-order valence-electron chi connectivity index (χ3n) is 3.40. The Hall–Kier alpha value is -1.96. The lowest BCUT2D eigenvalue weighted by atomic mass is 10.1. The summed E-state index contributed by atoms with van der Waals surface area (Å²) in [7, 11) is 0. The first kappa shape index (κ1) is 17.8. The van der Waals surface area contributed by atoms with Crippen LogP contribution < -0.4 is 5.32 Å². The summed E-state index contributed by atoms with van der Waals surface area (Å²) in [4.78, 5) is 12.3. The summed E-state index contributed by atoms with van der Waals surface area (Å²) in [5.74, 6) is -0.270. The van der Waals surface area contributed by atoms with Crippen molar-refractivity contribution in [1.29, 1.82) is 0 Å². The summed E-state index contributed by atoms with van der Waals surface area (Å²) < 4.78 is 14.5. The molecule has 0 spiro atoms. The second-order valence-corrected chi connectivity index (χ2v) is 7.75. The average molecular weight is 394 g/mol. The Bertz CT molecular complexity index is 916. The molecule has 2 aromatic carbocycles. The van der Waals surface area contributed by atoms with E-state index in [4.69, 9.17) is 11.6 Å². The number of hydrogen-bond acceptors (Lipinski definition) is 5. The Balaban J connectivity index is 1.64. The van der Waals surface area contributed by atoms with E-state index in [9.17, 15) is 9.18 Å². The summed E-state index contributed by atoms with van der Waals surface area (Å²) in [5, 5.41) is 11.2. The molecule has 0 saturated heterocycles. The standard InChI is InChI=1S/C17H13ClFN3OS2/c1-10-5-2-3-7-12(10)15(23)20-16-21-22-17(25-16)24-9-11-6-4-8-13(18)14(11)19/h2-8H,9H2,1H3,(H,20,21,23). The number of hydrogen-bond donors (Lipinski definition) is 1. The summed E-state index contributed by atoms with van der Waals surface area (Å²) in [5.41, 5.74) is 1.97. The van der Waals surface area contributed by atoms with Gasteiger partial charge in [0, 0.05) is 11.3 Å². The fourth-order valence-electron chi connectivity index (χ4n) is 2.11. The van der Waals surface area contributed by atoms with Gasteiger partial charge in [0.2, 0.25) is 5.13 Å². The van der Waals surface area contributed by atoms with E-state index in [0.29, 0.717) is 26.4 Å². The van der Waals surface area contributed by atoms with E-state index in [1.165, 1.54) is 29.2 Å². The van der Waals surface area contributed by atoms with Gasteiger partial charge in [0.25, 0.3) is 5.91 Å². The van der Waals surface area contributed by atoms with Gasteiger partial charge in [-0.1, -0.05) is 65.0 Å². The third kappa shape index (κ3) is 4.36. The highest BCUT2D eigenvalue weighted by Gasteiger charge is 2.13. The maximum absolute atomic E-state index is 13.9. The van der Waals surface area contributed by atoms with Crippen LogP contribution in [-0.4, -0.2) is 16.1 Å². The zero-order valence-corrected chi connectivity index (χ0v) is 15.5. The Morgan fingerprint density at radius 3 is 2.84 bits per heavy atom. The van der Waals surface area contributed by atoms with E-state index in [1.807, 2.05) is 25.1 Å². The average Bonchev–Trinajstić information content (AvgIpc) is 3.04. The molecule has 0 atom stereocenters. The molecule has 0 aliphatic carbocycles. The molecule has 0 fully saturated rings. The smallest absolute Gasteiger partial charge is 0.257 e. The Kier molecular flexibility index (Phi) is 5.67. The first-order valence-corrected chi connectivity index (χ1v) is 9.49. The van der Waals surface area contributed by atoms with E-state index >= 15 is 0 Å². The number of rotatable bonds is 5. The van der Waals surface area contributed by atoms with Gasteiger partial charge in [0.05, 0.1) is 5.02 Å². The lowest BCUT2D eigenvalue weighted by Crippen LogP contribution is -2.12. The molecule has 0 unspecified atom stereocenters. The predicted octanol–water partition coefficient (Wildman–Crippen LogP) is 5.18. The van der Waals surface area contributed by atoms with Gasteiger partial charge in [-0.05, 0) is 30.2 Å². The van der Waals surface area contributed by atoms with Crippen molar-refractivity contribution in [3.8, 4) is 0 Å². The van der Waals surface area contributed by atoms with Crippen LogP contribution in [0.15, 0.2) is 46.8 Å². The van der Waals surface area contributed by atoms with Crippen LogP contribution in [0.1, 0.15) is 21.5 Å². The lowest BCUT2D eigenvalue weighted by Gasteiger charge is -2.04. The Morgan fingerprint density at radius 1 is 1.24 bits per heavy atom. The maximum atomic E-state index is 13.9. The minimum Gasteiger partial charge on any atom is -0.296 e. The zero-order chi connectivity index (χ0) is 17.8. The van der Waals surface area contributed by atoms with Crippen LogP contribution in [-0.2, 0) is 5.75 Å². The quantitative estimate of drug-likeness (QED) is 0.479. The number of amides is 1. The van der Waals surface area contributed by atoms with Crippen LogP contribution in [0.4, 0.5) is 9.52 Å². The number of carbonyl (C=O) groups is 1. The van der Waals surface area contributed by atoms with Crippen LogP contribution in [0.3, 0.4) is 0 Å².